The molecule has 2 rings (SSSR count). The summed E-state index contributed by atoms with van der Waals surface area (Å²) in [5.41, 5.74) is 0. The van der Waals surface area contributed by atoms with Crippen molar-refractivity contribution in [2.24, 2.45) is 0 Å². The number of carbonyl (C=O) groups is 1. The summed E-state index contributed by atoms with van der Waals surface area (Å²) in [6.07, 6.45) is 5.32. The van der Waals surface area contributed by atoms with E-state index in [9.17, 15) is 4.79 Å². The van der Waals surface area contributed by atoms with Crippen molar-refractivity contribution in [3.8, 4) is 0 Å². The van der Waals surface area contributed by atoms with Gasteiger partial charge in [0.05, 0.1) is 6.10 Å². The second kappa shape index (κ2) is 5.47. The van der Waals surface area contributed by atoms with Crippen molar-refractivity contribution < 1.29 is 9.53 Å². The van der Waals surface area contributed by atoms with Gasteiger partial charge in [-0.25, -0.2) is 0 Å². The van der Waals surface area contributed by atoms with Crippen LogP contribution in [0.2, 0.25) is 0 Å². The van der Waals surface area contributed by atoms with Gasteiger partial charge in [-0.1, -0.05) is 6.42 Å². The highest BCUT2D eigenvalue weighted by Gasteiger charge is 2.19. The molecule has 1 unspecified atom stereocenters. The van der Waals surface area contributed by atoms with Gasteiger partial charge in [-0.15, -0.1) is 0 Å². The van der Waals surface area contributed by atoms with E-state index in [4.69, 9.17) is 4.74 Å². The van der Waals surface area contributed by atoms with E-state index in [0.29, 0.717) is 6.54 Å². The fraction of sp³-hybridized carbons (Fsp3) is 0.909. The second-order valence-corrected chi connectivity index (χ2v) is 4.43. The molecule has 4 heteroatoms. The van der Waals surface area contributed by atoms with Crippen LogP contribution in [0.4, 0.5) is 0 Å². The number of morpholine rings is 1. The van der Waals surface area contributed by atoms with Crippen molar-refractivity contribution in [2.45, 2.75) is 31.8 Å². The van der Waals surface area contributed by atoms with Gasteiger partial charge >= 0.3 is 0 Å². The standard InChI is InChI=1S/C11H20N2O2/c14-11-9-15-10(8-12-11)4-7-13-5-2-1-3-6-13/h10H,1-9H2,(H,12,14). The Labute approximate surface area is 91.0 Å². The number of nitrogens with one attached hydrogen (secondary N) is 1. The van der Waals surface area contributed by atoms with Crippen molar-refractivity contribution >= 4 is 5.91 Å². The molecule has 2 heterocycles. The maximum atomic E-state index is 10.9. The summed E-state index contributed by atoms with van der Waals surface area (Å²) < 4.78 is 5.44. The molecule has 0 saturated carbocycles. The number of likely N-dealkylation sites (tertiary alicyclic amines) is 1. The molecule has 1 amide bonds. The molecule has 4 nitrogen and oxygen atoms in total. The van der Waals surface area contributed by atoms with Crippen LogP contribution in [0.15, 0.2) is 0 Å². The second-order valence-electron chi connectivity index (χ2n) is 4.43. The first-order chi connectivity index (χ1) is 7.34. The van der Waals surface area contributed by atoms with Gasteiger partial charge in [-0.2, -0.15) is 0 Å². The third-order valence-electron chi connectivity index (χ3n) is 3.19. The Bertz CT molecular complexity index is 205. The Morgan fingerprint density at radius 1 is 1.33 bits per heavy atom. The lowest BCUT2D eigenvalue weighted by atomic mass is 10.1. The SMILES string of the molecule is O=C1COC(CCN2CCCCC2)CN1. The van der Waals surface area contributed by atoms with E-state index in [1.807, 2.05) is 0 Å². The molecule has 2 aliphatic heterocycles. The van der Waals surface area contributed by atoms with E-state index < -0.39 is 0 Å². The molecule has 2 aliphatic rings. The van der Waals surface area contributed by atoms with Gasteiger partial charge in [0, 0.05) is 13.1 Å². The Hall–Kier alpha value is -0.610. The van der Waals surface area contributed by atoms with Crippen molar-refractivity contribution in [1.29, 1.82) is 0 Å². The zero-order chi connectivity index (χ0) is 10.5. The zero-order valence-corrected chi connectivity index (χ0v) is 9.21. The number of nitrogens with zero attached hydrogens (tertiary/aromatic N) is 1. The molecule has 2 fully saturated rings. The average molecular weight is 212 g/mol. The number of rotatable bonds is 3. The molecule has 86 valence electrons. The molecule has 1 N–H and O–H groups in total. The smallest absolute Gasteiger partial charge is 0.246 e. The Morgan fingerprint density at radius 2 is 2.13 bits per heavy atom. The van der Waals surface area contributed by atoms with Crippen LogP contribution < -0.4 is 5.32 Å². The highest BCUT2D eigenvalue weighted by molar-refractivity contribution is 5.77. The minimum Gasteiger partial charge on any atom is -0.367 e. The van der Waals surface area contributed by atoms with E-state index in [1.165, 1.54) is 32.4 Å². The molecule has 0 aromatic heterocycles. The first-order valence-corrected chi connectivity index (χ1v) is 5.95. The summed E-state index contributed by atoms with van der Waals surface area (Å²) in [5, 5.41) is 2.84. The fourth-order valence-electron chi connectivity index (χ4n) is 2.23. The van der Waals surface area contributed by atoms with Crippen molar-refractivity contribution in [3.63, 3.8) is 0 Å². The summed E-state index contributed by atoms with van der Waals surface area (Å²) in [6.45, 7) is 4.51. The molecule has 0 aromatic carbocycles. The van der Waals surface area contributed by atoms with E-state index in [-0.39, 0.29) is 18.6 Å². The average Bonchev–Trinajstić information content (AvgIpc) is 2.30. The molecule has 0 spiro atoms. The Balaban J connectivity index is 1.62. The quantitative estimate of drug-likeness (QED) is 0.735. The molecule has 0 aromatic rings. The molecule has 0 aliphatic carbocycles. The number of ether oxygens (including phenoxy) is 1. The molecule has 15 heavy (non-hydrogen) atoms. The van der Waals surface area contributed by atoms with Crippen LogP contribution in [0.5, 0.6) is 0 Å². The monoisotopic (exact) mass is 212 g/mol. The molecular weight excluding hydrogens is 192 g/mol. The normalized spacial score (nSPS) is 28.8. The van der Waals surface area contributed by atoms with E-state index in [2.05, 4.69) is 10.2 Å². The summed E-state index contributed by atoms with van der Waals surface area (Å²) in [7, 11) is 0. The first-order valence-electron chi connectivity index (χ1n) is 5.95. The Kier molecular flexibility index (Phi) is 3.97. The number of carbonyl (C=O) groups excluding carboxylic acids is 1. The fourth-order valence-corrected chi connectivity index (χ4v) is 2.23. The highest BCUT2D eigenvalue weighted by Crippen LogP contribution is 2.10. The molecule has 2 saturated heterocycles. The minimum absolute atomic E-state index is 0.0178. The summed E-state index contributed by atoms with van der Waals surface area (Å²) in [4.78, 5) is 13.4. The lowest BCUT2D eigenvalue weighted by Gasteiger charge is -2.29. The number of hydrogen-bond donors (Lipinski definition) is 1. The van der Waals surface area contributed by atoms with Gasteiger partial charge in [-0.3, -0.25) is 4.79 Å². The van der Waals surface area contributed by atoms with E-state index in [1.54, 1.807) is 0 Å². The summed E-state index contributed by atoms with van der Waals surface area (Å²) in [5.74, 6) is 0.0178. The van der Waals surface area contributed by atoms with Gasteiger partial charge in [0.1, 0.15) is 6.61 Å². The van der Waals surface area contributed by atoms with Gasteiger partial charge < -0.3 is 15.0 Å². The van der Waals surface area contributed by atoms with Crippen LogP contribution in [-0.4, -0.2) is 49.7 Å². The lowest BCUT2D eigenvalue weighted by molar-refractivity contribution is -0.133. The zero-order valence-electron chi connectivity index (χ0n) is 9.21. The Morgan fingerprint density at radius 3 is 2.80 bits per heavy atom. The van der Waals surface area contributed by atoms with Crippen LogP contribution in [0, 0.1) is 0 Å². The van der Waals surface area contributed by atoms with E-state index in [0.717, 1.165) is 13.0 Å². The predicted molar refractivity (Wildman–Crippen MR) is 57.7 cm³/mol. The van der Waals surface area contributed by atoms with Crippen molar-refractivity contribution in [2.75, 3.05) is 32.8 Å². The van der Waals surface area contributed by atoms with Crippen molar-refractivity contribution in [3.05, 3.63) is 0 Å². The molecular formula is C11H20N2O2. The third kappa shape index (κ3) is 3.47. The highest BCUT2D eigenvalue weighted by atomic mass is 16.5. The van der Waals surface area contributed by atoms with Crippen LogP contribution in [0.3, 0.4) is 0 Å². The number of hydrogen-bond acceptors (Lipinski definition) is 3. The maximum absolute atomic E-state index is 10.9. The lowest BCUT2D eigenvalue weighted by Crippen LogP contribution is -2.44. The third-order valence-corrected chi connectivity index (χ3v) is 3.19. The predicted octanol–water partition coefficient (Wildman–Crippen LogP) is 0.377. The van der Waals surface area contributed by atoms with Crippen LogP contribution in [-0.2, 0) is 9.53 Å². The van der Waals surface area contributed by atoms with E-state index >= 15 is 0 Å². The largest absolute Gasteiger partial charge is 0.367 e. The minimum atomic E-state index is 0.0178. The summed E-state index contributed by atoms with van der Waals surface area (Å²) in [6, 6.07) is 0. The number of amides is 1. The topological polar surface area (TPSA) is 41.6 Å². The molecule has 0 bridgehead atoms. The van der Waals surface area contributed by atoms with Gasteiger partial charge in [0.2, 0.25) is 5.91 Å². The maximum Gasteiger partial charge on any atom is 0.246 e. The first kappa shape index (κ1) is 10.9. The van der Waals surface area contributed by atoms with Gasteiger partial charge in [-0.05, 0) is 32.4 Å². The summed E-state index contributed by atoms with van der Waals surface area (Å²) >= 11 is 0. The van der Waals surface area contributed by atoms with Crippen LogP contribution in [0.25, 0.3) is 0 Å². The molecule has 0 radical (unpaired) electrons. The van der Waals surface area contributed by atoms with Gasteiger partial charge in [0.25, 0.3) is 0 Å². The van der Waals surface area contributed by atoms with Crippen LogP contribution >= 0.6 is 0 Å². The number of piperidine rings is 1. The van der Waals surface area contributed by atoms with Crippen molar-refractivity contribution in [1.82, 2.24) is 10.2 Å². The van der Waals surface area contributed by atoms with Gasteiger partial charge in [0.15, 0.2) is 0 Å². The van der Waals surface area contributed by atoms with Crippen LogP contribution in [0.1, 0.15) is 25.7 Å². The molecule has 1 atom stereocenters.